The van der Waals surface area contributed by atoms with Crippen LogP contribution in [0.3, 0.4) is 0 Å². The maximum absolute atomic E-state index is 14.1. The molecule has 3 amide bonds. The van der Waals surface area contributed by atoms with Crippen molar-refractivity contribution in [2.75, 3.05) is 31.0 Å². The van der Waals surface area contributed by atoms with E-state index in [2.05, 4.69) is 10.3 Å². The molecule has 4 unspecified atom stereocenters. The second-order valence-electron chi connectivity index (χ2n) is 12.7. The third-order valence-electron chi connectivity index (χ3n) is 10.4. The number of thioether (sulfide) groups is 1. The quantitative estimate of drug-likeness (QED) is 0.235. The van der Waals surface area contributed by atoms with Crippen molar-refractivity contribution in [1.29, 1.82) is 0 Å². The van der Waals surface area contributed by atoms with Crippen molar-refractivity contribution in [3.8, 4) is 17.2 Å². The number of imide groups is 1. The SMILES string of the molecule is COc1ccc(N2C(=O)C3C(C2=O)[C@@H]2C[C@H]3C3Sc4[nH]c(=O)sc4[C@H](c4ccc(OCC(=O)Nc5ccccc5C)c(OC)c4)C32)cc1. The van der Waals surface area contributed by atoms with Gasteiger partial charge in [-0.1, -0.05) is 35.6 Å². The summed E-state index contributed by atoms with van der Waals surface area (Å²) in [4.78, 5) is 58.6. The Balaban J connectivity index is 1.09. The number of carbonyl (C=O) groups is 3. The van der Waals surface area contributed by atoms with Crippen molar-refractivity contribution < 1.29 is 28.6 Å². The van der Waals surface area contributed by atoms with Crippen LogP contribution in [0.5, 0.6) is 17.2 Å². The Morgan fingerprint density at radius 2 is 1.69 bits per heavy atom. The molecule has 12 heteroatoms. The van der Waals surface area contributed by atoms with Gasteiger partial charge in [-0.3, -0.25) is 24.1 Å². The van der Waals surface area contributed by atoms with Gasteiger partial charge in [0.15, 0.2) is 18.1 Å². The third-order valence-corrected chi connectivity index (χ3v) is 13.0. The first-order valence-electron chi connectivity index (χ1n) is 15.8. The van der Waals surface area contributed by atoms with Crippen LogP contribution < -0.4 is 29.3 Å². The van der Waals surface area contributed by atoms with E-state index in [0.29, 0.717) is 22.9 Å². The Bertz CT molecular complexity index is 2010. The standard InChI is InChI=1S/C36H33N3O7S2/c1-17-6-4-5-7-23(17)37-26(40)16-46-24-13-8-18(14-25(24)45-3)27-28-21-15-22(31(28)47-33-32(27)48-36(43)38-33)30-29(21)34(41)39(35(30)42)19-9-11-20(44-2)12-10-19/h4-14,21-22,27-31H,15-16H2,1-3H3,(H,37,40)(H,38,43)/t21-,22-,27-,28?,29?,30?,31?/m1/s1. The monoisotopic (exact) mass is 683 g/mol. The minimum atomic E-state index is -0.414. The zero-order chi connectivity index (χ0) is 33.3. The zero-order valence-corrected chi connectivity index (χ0v) is 28.1. The molecule has 2 saturated carbocycles. The van der Waals surface area contributed by atoms with Crippen LogP contribution in [0.25, 0.3) is 0 Å². The van der Waals surface area contributed by atoms with Crippen LogP contribution in [-0.2, 0) is 14.4 Å². The van der Waals surface area contributed by atoms with Gasteiger partial charge in [0.2, 0.25) is 11.8 Å². The van der Waals surface area contributed by atoms with Crippen molar-refractivity contribution in [1.82, 2.24) is 4.98 Å². The molecule has 3 aromatic carbocycles. The molecule has 7 atom stereocenters. The van der Waals surface area contributed by atoms with Crippen molar-refractivity contribution >= 4 is 52.2 Å². The van der Waals surface area contributed by atoms with E-state index >= 15 is 0 Å². The highest BCUT2D eigenvalue weighted by atomic mass is 32.2. The average molecular weight is 684 g/mol. The van der Waals surface area contributed by atoms with Gasteiger partial charge in [-0.25, -0.2) is 0 Å². The minimum Gasteiger partial charge on any atom is -0.497 e. The summed E-state index contributed by atoms with van der Waals surface area (Å²) in [5.41, 5.74) is 3.17. The molecule has 1 saturated heterocycles. The lowest BCUT2D eigenvalue weighted by molar-refractivity contribution is -0.123. The van der Waals surface area contributed by atoms with E-state index in [1.165, 1.54) is 16.2 Å². The Morgan fingerprint density at radius 3 is 2.42 bits per heavy atom. The number of hydrogen-bond acceptors (Lipinski definition) is 9. The lowest BCUT2D eigenvalue weighted by Gasteiger charge is -2.43. The van der Waals surface area contributed by atoms with Crippen LogP contribution in [0.2, 0.25) is 0 Å². The van der Waals surface area contributed by atoms with Crippen molar-refractivity contribution in [3.05, 3.63) is 92.4 Å². The summed E-state index contributed by atoms with van der Waals surface area (Å²) in [6.07, 6.45) is 0.787. The first kappa shape index (κ1) is 30.8. The molecule has 3 fully saturated rings. The summed E-state index contributed by atoms with van der Waals surface area (Å²) in [7, 11) is 3.13. The number of thiazole rings is 1. The molecule has 3 heterocycles. The Labute approximate surface area is 284 Å². The van der Waals surface area contributed by atoms with E-state index in [0.717, 1.165) is 33.1 Å². The summed E-state index contributed by atoms with van der Waals surface area (Å²) in [6.45, 7) is 1.72. The number of H-pyrrole nitrogens is 1. The lowest BCUT2D eigenvalue weighted by Crippen LogP contribution is -2.42. The predicted molar refractivity (Wildman–Crippen MR) is 182 cm³/mol. The fourth-order valence-corrected chi connectivity index (χ4v) is 11.3. The van der Waals surface area contributed by atoms with E-state index in [1.54, 1.807) is 56.3 Å². The van der Waals surface area contributed by atoms with E-state index in [9.17, 15) is 19.2 Å². The molecule has 0 spiro atoms. The molecular weight excluding hydrogens is 651 g/mol. The molecule has 1 aromatic heterocycles. The van der Waals surface area contributed by atoms with Crippen LogP contribution in [0.4, 0.5) is 11.4 Å². The van der Waals surface area contributed by atoms with Gasteiger partial charge >= 0.3 is 4.87 Å². The Kier molecular flexibility index (Phi) is 7.59. The molecular formula is C36H33N3O7S2. The molecule has 2 aliphatic heterocycles. The number of rotatable bonds is 8. The summed E-state index contributed by atoms with van der Waals surface area (Å²) < 4.78 is 16.9. The number of ether oxygens (including phenoxy) is 3. The fraction of sp³-hybridized carbons (Fsp3) is 0.333. The number of methoxy groups -OCH3 is 2. The van der Waals surface area contributed by atoms with E-state index in [4.69, 9.17) is 14.2 Å². The molecule has 2 bridgehead atoms. The second-order valence-corrected chi connectivity index (χ2v) is 14.9. The number of amides is 3. The molecule has 2 N–H and O–H groups in total. The topological polar surface area (TPSA) is 127 Å². The van der Waals surface area contributed by atoms with Crippen molar-refractivity contribution in [3.63, 3.8) is 0 Å². The molecule has 246 valence electrons. The maximum atomic E-state index is 14.1. The molecule has 0 radical (unpaired) electrons. The number of nitrogens with one attached hydrogen (secondary N) is 2. The third kappa shape index (κ3) is 4.83. The second kappa shape index (κ2) is 11.9. The van der Waals surface area contributed by atoms with E-state index in [1.807, 2.05) is 43.3 Å². The highest BCUT2D eigenvalue weighted by Gasteiger charge is 2.69. The van der Waals surface area contributed by atoms with Crippen LogP contribution in [0.15, 0.2) is 76.6 Å². The van der Waals surface area contributed by atoms with Gasteiger partial charge in [0.1, 0.15) is 5.75 Å². The predicted octanol–water partition coefficient (Wildman–Crippen LogP) is 5.46. The zero-order valence-electron chi connectivity index (χ0n) is 26.4. The number of benzene rings is 3. The number of para-hydroxylation sites is 1. The normalized spacial score (nSPS) is 26.6. The first-order chi connectivity index (χ1) is 23.3. The number of aryl methyl sites for hydroxylation is 1. The molecule has 48 heavy (non-hydrogen) atoms. The molecule has 2 aliphatic carbocycles. The molecule has 4 aromatic rings. The Morgan fingerprint density at radius 1 is 0.938 bits per heavy atom. The summed E-state index contributed by atoms with van der Waals surface area (Å²) in [5.74, 6) is -0.0177. The molecule has 8 rings (SSSR count). The number of nitrogens with zero attached hydrogens (tertiary/aromatic N) is 1. The van der Waals surface area contributed by atoms with Crippen LogP contribution in [0.1, 0.15) is 28.3 Å². The number of fused-ring (bicyclic) bond motifs is 9. The summed E-state index contributed by atoms with van der Waals surface area (Å²) in [5, 5.41) is 3.76. The summed E-state index contributed by atoms with van der Waals surface area (Å²) >= 11 is 2.85. The average Bonchev–Trinajstić information content (AvgIpc) is 3.83. The number of carbonyl (C=O) groups excluding carboxylic acids is 3. The van der Waals surface area contributed by atoms with E-state index in [-0.39, 0.29) is 64.0 Å². The van der Waals surface area contributed by atoms with Gasteiger partial charge in [0.25, 0.3) is 5.91 Å². The maximum Gasteiger partial charge on any atom is 0.305 e. The van der Waals surface area contributed by atoms with Crippen LogP contribution in [-0.4, -0.2) is 48.8 Å². The number of aromatic nitrogens is 1. The lowest BCUT2D eigenvalue weighted by atomic mass is 9.68. The van der Waals surface area contributed by atoms with Gasteiger partial charge in [0.05, 0.1) is 36.8 Å². The fourth-order valence-electron chi connectivity index (χ4n) is 8.42. The van der Waals surface area contributed by atoms with Crippen LogP contribution >= 0.6 is 23.1 Å². The minimum absolute atomic E-state index is 0.00464. The van der Waals surface area contributed by atoms with Crippen molar-refractivity contribution in [2.45, 2.75) is 29.5 Å². The van der Waals surface area contributed by atoms with E-state index < -0.39 is 5.92 Å². The molecule has 10 nitrogen and oxygen atoms in total. The van der Waals surface area contributed by atoms with Gasteiger partial charge in [0, 0.05) is 21.7 Å². The van der Waals surface area contributed by atoms with Gasteiger partial charge < -0.3 is 24.5 Å². The first-order valence-corrected chi connectivity index (χ1v) is 17.5. The number of hydrogen-bond donors (Lipinski definition) is 2. The van der Waals surface area contributed by atoms with Crippen LogP contribution in [0, 0.1) is 36.5 Å². The van der Waals surface area contributed by atoms with Gasteiger partial charge in [-0.15, -0.1) is 11.8 Å². The number of anilines is 2. The van der Waals surface area contributed by atoms with Gasteiger partial charge in [-0.05, 0) is 84.7 Å². The highest BCUT2D eigenvalue weighted by Crippen LogP contribution is 2.68. The van der Waals surface area contributed by atoms with Gasteiger partial charge in [-0.2, -0.15) is 0 Å². The van der Waals surface area contributed by atoms with Crippen molar-refractivity contribution in [2.24, 2.45) is 29.6 Å². The number of aromatic amines is 1. The smallest absolute Gasteiger partial charge is 0.305 e. The molecule has 4 aliphatic rings. The summed E-state index contributed by atoms with van der Waals surface area (Å²) in [6, 6.07) is 20.2. The highest BCUT2D eigenvalue weighted by molar-refractivity contribution is 8.00. The largest absolute Gasteiger partial charge is 0.497 e. The Hall–Kier alpha value is -4.55.